The largest absolute Gasteiger partial charge is 0.330 e. The van der Waals surface area contributed by atoms with Gasteiger partial charge in [-0.1, -0.05) is 0 Å². The molecule has 0 aromatic carbocycles. The van der Waals surface area contributed by atoms with Gasteiger partial charge in [-0.05, 0) is 31.9 Å². The summed E-state index contributed by atoms with van der Waals surface area (Å²) in [6.07, 6.45) is 2.32. The van der Waals surface area contributed by atoms with Crippen molar-refractivity contribution < 1.29 is 8.42 Å². The van der Waals surface area contributed by atoms with E-state index in [1.165, 1.54) is 21.3 Å². The maximum Gasteiger partial charge on any atom is 0.260 e. The van der Waals surface area contributed by atoms with Crippen LogP contribution in [0.3, 0.4) is 0 Å². The fourth-order valence-corrected chi connectivity index (χ4v) is 4.17. The van der Waals surface area contributed by atoms with E-state index in [1.54, 1.807) is 7.05 Å². The van der Waals surface area contributed by atoms with Gasteiger partial charge >= 0.3 is 0 Å². The summed E-state index contributed by atoms with van der Waals surface area (Å²) in [6.45, 7) is 2.95. The third kappa shape index (κ3) is 2.10. The summed E-state index contributed by atoms with van der Waals surface area (Å²) >= 11 is 0. The molecule has 0 spiro atoms. The van der Waals surface area contributed by atoms with Crippen molar-refractivity contribution >= 4 is 10.0 Å². The zero-order valence-corrected chi connectivity index (χ0v) is 10.9. The summed E-state index contributed by atoms with van der Waals surface area (Å²) < 4.78 is 27.7. The molecule has 17 heavy (non-hydrogen) atoms. The highest BCUT2D eigenvalue weighted by Crippen LogP contribution is 2.28. The van der Waals surface area contributed by atoms with Crippen molar-refractivity contribution in [2.45, 2.75) is 24.4 Å². The number of aryl methyl sites for hydroxylation is 1. The van der Waals surface area contributed by atoms with Crippen LogP contribution in [0.1, 0.15) is 13.3 Å². The lowest BCUT2D eigenvalue weighted by Crippen LogP contribution is -2.35. The van der Waals surface area contributed by atoms with Crippen LogP contribution in [0.15, 0.2) is 17.3 Å². The topological polar surface area (TPSA) is 81.2 Å². The van der Waals surface area contributed by atoms with E-state index in [4.69, 9.17) is 5.73 Å². The Morgan fingerprint density at radius 2 is 2.29 bits per heavy atom. The van der Waals surface area contributed by atoms with E-state index < -0.39 is 10.0 Å². The number of nitrogens with two attached hydrogens (primary N) is 1. The monoisotopic (exact) mass is 258 g/mol. The van der Waals surface area contributed by atoms with Crippen molar-refractivity contribution in [2.24, 2.45) is 18.7 Å². The van der Waals surface area contributed by atoms with Gasteiger partial charge in [0.25, 0.3) is 10.0 Å². The molecule has 1 aliphatic heterocycles. The highest BCUT2D eigenvalue weighted by atomic mass is 32.2. The van der Waals surface area contributed by atoms with Gasteiger partial charge in [-0.15, -0.1) is 0 Å². The van der Waals surface area contributed by atoms with Crippen LogP contribution in [0, 0.1) is 5.92 Å². The maximum absolute atomic E-state index is 12.4. The minimum Gasteiger partial charge on any atom is -0.330 e. The van der Waals surface area contributed by atoms with E-state index in [0.29, 0.717) is 13.1 Å². The van der Waals surface area contributed by atoms with Gasteiger partial charge in [0.15, 0.2) is 5.03 Å². The van der Waals surface area contributed by atoms with Crippen LogP contribution < -0.4 is 5.73 Å². The number of sulfonamides is 1. The van der Waals surface area contributed by atoms with Crippen molar-refractivity contribution in [2.75, 3.05) is 13.1 Å². The molecule has 0 bridgehead atoms. The highest BCUT2D eigenvalue weighted by Gasteiger charge is 2.38. The third-order valence-electron chi connectivity index (χ3n) is 3.29. The SMILES string of the molecule is CC1CC(CN)CN1S(=O)(=O)c1ccnn1C. The van der Waals surface area contributed by atoms with Crippen LogP contribution in [0.5, 0.6) is 0 Å². The minimum absolute atomic E-state index is 0.00319. The van der Waals surface area contributed by atoms with Crippen molar-refractivity contribution in [1.82, 2.24) is 14.1 Å². The Morgan fingerprint density at radius 3 is 2.76 bits per heavy atom. The lowest BCUT2D eigenvalue weighted by Gasteiger charge is -2.20. The van der Waals surface area contributed by atoms with E-state index in [0.717, 1.165) is 6.42 Å². The Hall–Kier alpha value is -0.920. The molecule has 0 radical (unpaired) electrons. The van der Waals surface area contributed by atoms with Gasteiger partial charge in [0.2, 0.25) is 0 Å². The second-order valence-electron chi connectivity index (χ2n) is 4.55. The Bertz CT molecular complexity index is 496. The molecule has 2 heterocycles. The van der Waals surface area contributed by atoms with Crippen molar-refractivity contribution in [3.63, 3.8) is 0 Å². The standard InChI is InChI=1S/C10H18N4O2S/c1-8-5-9(6-11)7-14(8)17(15,16)10-3-4-12-13(10)2/h3-4,8-9H,5-7,11H2,1-2H3. The summed E-state index contributed by atoms with van der Waals surface area (Å²) in [5.41, 5.74) is 5.61. The van der Waals surface area contributed by atoms with Crippen LogP contribution >= 0.6 is 0 Å². The van der Waals surface area contributed by atoms with Gasteiger partial charge in [-0.25, -0.2) is 8.42 Å². The first-order valence-corrected chi connectivity index (χ1v) is 7.10. The molecular formula is C10H18N4O2S. The molecule has 1 fully saturated rings. The predicted octanol–water partition coefficient (Wildman–Crippen LogP) is -0.222. The fraction of sp³-hybridized carbons (Fsp3) is 0.700. The number of hydrogen-bond acceptors (Lipinski definition) is 4. The van der Waals surface area contributed by atoms with E-state index in [2.05, 4.69) is 5.10 Å². The second-order valence-corrected chi connectivity index (χ2v) is 6.39. The van der Waals surface area contributed by atoms with Crippen LogP contribution in [-0.4, -0.2) is 41.6 Å². The molecule has 6 nitrogen and oxygen atoms in total. The van der Waals surface area contributed by atoms with Gasteiger partial charge in [0, 0.05) is 19.6 Å². The van der Waals surface area contributed by atoms with Crippen molar-refractivity contribution in [3.05, 3.63) is 12.3 Å². The Labute approximate surface area is 101 Å². The summed E-state index contributed by atoms with van der Waals surface area (Å²) in [7, 11) is -1.81. The number of hydrogen-bond donors (Lipinski definition) is 1. The quantitative estimate of drug-likeness (QED) is 0.812. The molecule has 1 saturated heterocycles. The molecule has 7 heteroatoms. The second kappa shape index (κ2) is 4.40. The van der Waals surface area contributed by atoms with Gasteiger partial charge in [-0.3, -0.25) is 4.68 Å². The Kier molecular flexibility index (Phi) is 3.24. The molecule has 0 aliphatic carbocycles. The molecule has 1 aliphatic rings. The lowest BCUT2D eigenvalue weighted by molar-refractivity contribution is 0.399. The van der Waals surface area contributed by atoms with E-state index >= 15 is 0 Å². The average Bonchev–Trinajstić information content (AvgIpc) is 2.84. The molecule has 2 unspecified atom stereocenters. The van der Waals surface area contributed by atoms with Gasteiger partial charge in [0.05, 0.1) is 6.20 Å². The van der Waals surface area contributed by atoms with E-state index in [1.807, 2.05) is 6.92 Å². The van der Waals surface area contributed by atoms with Crippen LogP contribution in [-0.2, 0) is 17.1 Å². The molecule has 96 valence electrons. The van der Waals surface area contributed by atoms with Gasteiger partial charge in [0.1, 0.15) is 0 Å². The highest BCUT2D eigenvalue weighted by molar-refractivity contribution is 7.89. The van der Waals surface area contributed by atoms with E-state index in [9.17, 15) is 8.42 Å². The van der Waals surface area contributed by atoms with Crippen LogP contribution in [0.4, 0.5) is 0 Å². The molecule has 2 rings (SSSR count). The zero-order valence-electron chi connectivity index (χ0n) is 10.1. The predicted molar refractivity (Wildman–Crippen MR) is 63.7 cm³/mol. The van der Waals surface area contributed by atoms with Gasteiger partial charge < -0.3 is 5.73 Å². The summed E-state index contributed by atoms with van der Waals surface area (Å²) in [4.78, 5) is 0. The number of aromatic nitrogens is 2. The first-order valence-electron chi connectivity index (χ1n) is 5.66. The van der Waals surface area contributed by atoms with Crippen LogP contribution in [0.25, 0.3) is 0 Å². The smallest absolute Gasteiger partial charge is 0.260 e. The molecule has 2 atom stereocenters. The number of nitrogens with zero attached hydrogens (tertiary/aromatic N) is 3. The molecule has 0 saturated carbocycles. The Morgan fingerprint density at radius 1 is 1.59 bits per heavy atom. The lowest BCUT2D eigenvalue weighted by atomic mass is 10.1. The third-order valence-corrected chi connectivity index (χ3v) is 5.34. The number of rotatable bonds is 3. The fourth-order valence-electron chi connectivity index (χ4n) is 2.35. The van der Waals surface area contributed by atoms with E-state index in [-0.39, 0.29) is 17.0 Å². The summed E-state index contributed by atoms with van der Waals surface area (Å²) in [6, 6.07) is 1.53. The minimum atomic E-state index is -3.44. The summed E-state index contributed by atoms with van der Waals surface area (Å²) in [5, 5.41) is 4.14. The van der Waals surface area contributed by atoms with Crippen LogP contribution in [0.2, 0.25) is 0 Å². The normalized spacial score (nSPS) is 26.5. The maximum atomic E-state index is 12.4. The molecular weight excluding hydrogens is 240 g/mol. The van der Waals surface area contributed by atoms with Crippen molar-refractivity contribution in [3.8, 4) is 0 Å². The average molecular weight is 258 g/mol. The Balaban J connectivity index is 2.32. The zero-order chi connectivity index (χ0) is 12.6. The van der Waals surface area contributed by atoms with Gasteiger partial charge in [-0.2, -0.15) is 9.40 Å². The van der Waals surface area contributed by atoms with Crippen molar-refractivity contribution in [1.29, 1.82) is 0 Å². The summed E-state index contributed by atoms with van der Waals surface area (Å²) in [5.74, 6) is 0.257. The first-order chi connectivity index (χ1) is 7.96. The first kappa shape index (κ1) is 12.5. The molecule has 0 amide bonds. The molecule has 1 aromatic rings. The molecule has 2 N–H and O–H groups in total. The molecule has 1 aromatic heterocycles.